The van der Waals surface area contributed by atoms with E-state index in [9.17, 15) is 23.3 Å². The minimum Gasteiger partial charge on any atom is -0.477 e. The van der Waals surface area contributed by atoms with Crippen molar-refractivity contribution in [2.24, 2.45) is 5.14 Å². The molecule has 1 amide bonds. The fraction of sp³-hybridized carbons (Fsp3) is 0.0714. The van der Waals surface area contributed by atoms with Gasteiger partial charge in [-0.15, -0.1) is 0 Å². The Kier molecular flexibility index (Phi) is 5.11. The van der Waals surface area contributed by atoms with Crippen molar-refractivity contribution in [3.63, 3.8) is 0 Å². The number of nitrogens with one attached hydrogen (secondary N) is 1. The zero-order valence-corrected chi connectivity index (χ0v) is 13.0. The lowest BCUT2D eigenvalue weighted by Gasteiger charge is -2.08. The van der Waals surface area contributed by atoms with Gasteiger partial charge in [-0.25, -0.2) is 13.6 Å². The fourth-order valence-electron chi connectivity index (χ4n) is 1.80. The molecule has 0 aliphatic heterocycles. The molecule has 2 aromatic carbocycles. The highest BCUT2D eigenvalue weighted by Gasteiger charge is 2.15. The molecule has 0 aromatic heterocycles. The molecule has 2 rings (SSSR count). The number of primary sulfonamides is 1. The molecule has 0 fully saturated rings. The number of nitrogens with two attached hydrogens (primary N) is 1. The number of ether oxygens (including phenoxy) is 1. The van der Waals surface area contributed by atoms with Crippen molar-refractivity contribution in [1.29, 1.82) is 0 Å². The third-order valence-corrected chi connectivity index (χ3v) is 3.82. The summed E-state index contributed by atoms with van der Waals surface area (Å²) in [5.74, 6) is -0.585. The quantitative estimate of drug-likeness (QED) is 0.592. The van der Waals surface area contributed by atoms with Crippen molar-refractivity contribution in [3.05, 3.63) is 58.6 Å². The maximum absolute atomic E-state index is 11.8. The second-order valence-corrected chi connectivity index (χ2v) is 6.19. The lowest BCUT2D eigenvalue weighted by molar-refractivity contribution is -0.385. The van der Waals surface area contributed by atoms with E-state index < -0.39 is 27.5 Å². The van der Waals surface area contributed by atoms with Crippen LogP contribution in [0.2, 0.25) is 0 Å². The molecule has 0 aliphatic rings. The van der Waals surface area contributed by atoms with Crippen LogP contribution < -0.4 is 15.2 Å². The molecule has 0 saturated carbocycles. The van der Waals surface area contributed by atoms with Gasteiger partial charge in [-0.1, -0.05) is 12.1 Å². The number of anilines is 1. The Labute approximate surface area is 137 Å². The van der Waals surface area contributed by atoms with E-state index in [1.807, 2.05) is 0 Å². The van der Waals surface area contributed by atoms with Crippen LogP contribution in [0.15, 0.2) is 53.4 Å². The van der Waals surface area contributed by atoms with Crippen molar-refractivity contribution in [3.8, 4) is 5.75 Å². The Morgan fingerprint density at radius 3 is 2.38 bits per heavy atom. The summed E-state index contributed by atoms with van der Waals surface area (Å²) in [6, 6.07) is 10.9. The van der Waals surface area contributed by atoms with Gasteiger partial charge in [-0.3, -0.25) is 14.9 Å². The van der Waals surface area contributed by atoms with Crippen molar-refractivity contribution in [2.75, 3.05) is 11.9 Å². The average molecular weight is 351 g/mol. The van der Waals surface area contributed by atoms with Gasteiger partial charge in [0, 0.05) is 11.8 Å². The van der Waals surface area contributed by atoms with Crippen LogP contribution in [-0.2, 0) is 14.8 Å². The van der Waals surface area contributed by atoms with Crippen molar-refractivity contribution in [1.82, 2.24) is 0 Å². The maximum Gasteiger partial charge on any atom is 0.310 e. The molecule has 0 aliphatic carbocycles. The summed E-state index contributed by atoms with van der Waals surface area (Å²) >= 11 is 0. The van der Waals surface area contributed by atoms with E-state index in [1.54, 1.807) is 6.07 Å². The van der Waals surface area contributed by atoms with E-state index in [-0.39, 0.29) is 16.3 Å². The Morgan fingerprint density at radius 1 is 1.17 bits per heavy atom. The van der Waals surface area contributed by atoms with E-state index in [0.29, 0.717) is 5.69 Å². The second kappa shape index (κ2) is 7.06. The molecule has 10 heteroatoms. The number of nitro benzene ring substituents is 1. The highest BCUT2D eigenvalue weighted by atomic mass is 32.2. The minimum absolute atomic E-state index is 0.0257. The van der Waals surface area contributed by atoms with Gasteiger partial charge in [0.15, 0.2) is 12.4 Å². The summed E-state index contributed by atoms with van der Waals surface area (Å²) in [5, 5.41) is 18.3. The molecule has 0 unspecified atom stereocenters. The van der Waals surface area contributed by atoms with Crippen LogP contribution in [0.25, 0.3) is 0 Å². The molecule has 0 heterocycles. The summed E-state index contributed by atoms with van der Waals surface area (Å²) in [7, 11) is -3.81. The molecule has 9 nitrogen and oxygen atoms in total. The van der Waals surface area contributed by atoms with Crippen LogP contribution in [0.3, 0.4) is 0 Å². The molecule has 2 aromatic rings. The Balaban J connectivity index is 1.98. The monoisotopic (exact) mass is 351 g/mol. The largest absolute Gasteiger partial charge is 0.477 e. The van der Waals surface area contributed by atoms with Crippen LogP contribution in [0.4, 0.5) is 11.4 Å². The van der Waals surface area contributed by atoms with Crippen molar-refractivity contribution < 1.29 is 22.9 Å². The minimum atomic E-state index is -3.81. The van der Waals surface area contributed by atoms with Gasteiger partial charge in [-0.2, -0.15) is 0 Å². The first-order valence-corrected chi connectivity index (χ1v) is 8.11. The number of amides is 1. The van der Waals surface area contributed by atoms with E-state index in [2.05, 4.69) is 5.32 Å². The van der Waals surface area contributed by atoms with Gasteiger partial charge < -0.3 is 10.1 Å². The SMILES string of the molecule is NS(=O)(=O)c1ccc(NC(=O)COc2ccccc2[N+](=O)[O-])cc1. The molecule has 0 atom stereocenters. The normalized spacial score (nSPS) is 10.9. The summed E-state index contributed by atoms with van der Waals surface area (Å²) < 4.78 is 27.4. The number of rotatable bonds is 6. The fourth-order valence-corrected chi connectivity index (χ4v) is 2.31. The van der Waals surface area contributed by atoms with Gasteiger partial charge in [-0.05, 0) is 30.3 Å². The summed E-state index contributed by atoms with van der Waals surface area (Å²) in [5.41, 5.74) is 0.0846. The predicted octanol–water partition coefficient (Wildman–Crippen LogP) is 1.26. The lowest BCUT2D eigenvalue weighted by atomic mass is 10.3. The van der Waals surface area contributed by atoms with Crippen LogP contribution in [0.5, 0.6) is 5.75 Å². The number of carbonyl (C=O) groups excluding carboxylic acids is 1. The van der Waals surface area contributed by atoms with Crippen LogP contribution >= 0.6 is 0 Å². The van der Waals surface area contributed by atoms with Gasteiger partial charge >= 0.3 is 5.69 Å². The smallest absolute Gasteiger partial charge is 0.310 e. The molecule has 0 radical (unpaired) electrons. The number of sulfonamides is 1. The molecular weight excluding hydrogens is 338 g/mol. The summed E-state index contributed by atoms with van der Waals surface area (Å²) in [6.45, 7) is -0.443. The first kappa shape index (κ1) is 17.4. The first-order chi connectivity index (χ1) is 11.3. The molecular formula is C14H13N3O6S. The third kappa shape index (κ3) is 4.51. The van der Waals surface area contributed by atoms with E-state index in [4.69, 9.17) is 9.88 Å². The van der Waals surface area contributed by atoms with Gasteiger partial charge in [0.05, 0.1) is 9.82 Å². The summed E-state index contributed by atoms with van der Waals surface area (Å²) in [4.78, 5) is 21.9. The molecule has 0 spiro atoms. The zero-order valence-electron chi connectivity index (χ0n) is 12.2. The van der Waals surface area contributed by atoms with Gasteiger partial charge in [0.1, 0.15) is 0 Å². The molecule has 0 bridgehead atoms. The van der Waals surface area contributed by atoms with E-state index >= 15 is 0 Å². The first-order valence-electron chi connectivity index (χ1n) is 6.56. The summed E-state index contributed by atoms with van der Waals surface area (Å²) in [6.07, 6.45) is 0. The van der Waals surface area contributed by atoms with Crippen LogP contribution in [0.1, 0.15) is 0 Å². The van der Waals surface area contributed by atoms with Crippen molar-refractivity contribution in [2.45, 2.75) is 4.90 Å². The Bertz CT molecular complexity index is 864. The van der Waals surface area contributed by atoms with E-state index in [0.717, 1.165) is 0 Å². The maximum atomic E-state index is 11.8. The lowest BCUT2D eigenvalue weighted by Crippen LogP contribution is -2.20. The Morgan fingerprint density at radius 2 is 1.79 bits per heavy atom. The van der Waals surface area contributed by atoms with Crippen LogP contribution in [-0.4, -0.2) is 25.9 Å². The topological polar surface area (TPSA) is 142 Å². The van der Waals surface area contributed by atoms with Crippen LogP contribution in [0, 0.1) is 10.1 Å². The highest BCUT2D eigenvalue weighted by Crippen LogP contribution is 2.25. The Hall–Kier alpha value is -2.98. The number of benzene rings is 2. The number of hydrogen-bond acceptors (Lipinski definition) is 6. The molecule has 0 saturated heterocycles. The standard InChI is InChI=1S/C14H13N3O6S/c15-24(21,22)11-7-5-10(6-8-11)16-14(18)9-23-13-4-2-1-3-12(13)17(19)20/h1-8H,9H2,(H,16,18)(H2,15,21,22). The average Bonchev–Trinajstić information content (AvgIpc) is 2.53. The van der Waals surface area contributed by atoms with E-state index in [1.165, 1.54) is 42.5 Å². The second-order valence-electron chi connectivity index (χ2n) is 4.63. The zero-order chi connectivity index (χ0) is 17.7. The molecule has 3 N–H and O–H groups in total. The van der Waals surface area contributed by atoms with Crippen molar-refractivity contribution >= 4 is 27.3 Å². The van der Waals surface area contributed by atoms with Gasteiger partial charge in [0.2, 0.25) is 10.0 Å². The number of nitro groups is 1. The highest BCUT2D eigenvalue weighted by molar-refractivity contribution is 7.89. The number of para-hydroxylation sites is 2. The number of nitrogens with zero attached hydrogens (tertiary/aromatic N) is 1. The number of carbonyl (C=O) groups is 1. The number of hydrogen-bond donors (Lipinski definition) is 2. The predicted molar refractivity (Wildman–Crippen MR) is 85.0 cm³/mol. The molecule has 24 heavy (non-hydrogen) atoms. The van der Waals surface area contributed by atoms with Gasteiger partial charge in [0.25, 0.3) is 5.91 Å². The third-order valence-electron chi connectivity index (χ3n) is 2.89. The molecule has 126 valence electrons.